The highest BCUT2D eigenvalue weighted by Crippen LogP contribution is 2.29. The Morgan fingerprint density at radius 2 is 2.00 bits per heavy atom. The highest BCUT2D eigenvalue weighted by Gasteiger charge is 2.09. The quantitative estimate of drug-likeness (QED) is 0.772. The lowest BCUT2D eigenvalue weighted by Crippen LogP contribution is -1.97. The van der Waals surface area contributed by atoms with Gasteiger partial charge in [0.2, 0.25) is 5.95 Å². The molecule has 1 aromatic carbocycles. The van der Waals surface area contributed by atoms with Gasteiger partial charge in [0.25, 0.3) is 0 Å². The topological polar surface area (TPSA) is 64.7 Å². The molecule has 4 heteroatoms. The normalized spacial score (nSPS) is 10.9. The van der Waals surface area contributed by atoms with Crippen LogP contribution in [-0.4, -0.2) is 15.0 Å². The fourth-order valence-corrected chi connectivity index (χ4v) is 2.45. The second-order valence-corrected chi connectivity index (χ2v) is 4.81. The molecule has 0 bridgehead atoms. The molecule has 0 fully saturated rings. The summed E-state index contributed by atoms with van der Waals surface area (Å²) >= 11 is 0. The van der Waals surface area contributed by atoms with Crippen LogP contribution in [0.2, 0.25) is 0 Å². The molecule has 3 rings (SSSR count). The summed E-state index contributed by atoms with van der Waals surface area (Å²) in [6.45, 7) is 4.20. The van der Waals surface area contributed by atoms with Gasteiger partial charge in [-0.25, -0.2) is 9.97 Å². The lowest BCUT2D eigenvalue weighted by molar-refractivity contribution is 1.04. The SMILES string of the molecule is CCc1ncccc1-c1cc2cnc(N)nc2cc1C. The molecule has 0 radical (unpaired) electrons. The predicted molar refractivity (Wildman–Crippen MR) is 81.3 cm³/mol. The summed E-state index contributed by atoms with van der Waals surface area (Å²) in [5, 5.41) is 0.991. The van der Waals surface area contributed by atoms with E-state index in [4.69, 9.17) is 5.73 Å². The number of rotatable bonds is 2. The smallest absolute Gasteiger partial charge is 0.220 e. The lowest BCUT2D eigenvalue weighted by Gasteiger charge is -2.11. The minimum Gasteiger partial charge on any atom is -0.368 e. The summed E-state index contributed by atoms with van der Waals surface area (Å²) in [5.41, 5.74) is 11.1. The Kier molecular flexibility index (Phi) is 3.06. The number of anilines is 1. The van der Waals surface area contributed by atoms with E-state index in [9.17, 15) is 0 Å². The maximum Gasteiger partial charge on any atom is 0.220 e. The van der Waals surface area contributed by atoms with Gasteiger partial charge in [-0.2, -0.15) is 0 Å². The molecule has 0 aliphatic carbocycles. The molecule has 4 nitrogen and oxygen atoms in total. The van der Waals surface area contributed by atoms with Crippen LogP contribution in [0.3, 0.4) is 0 Å². The maximum absolute atomic E-state index is 5.64. The van der Waals surface area contributed by atoms with Gasteiger partial charge in [0.15, 0.2) is 0 Å². The molecule has 0 amide bonds. The van der Waals surface area contributed by atoms with Crippen LogP contribution in [0.25, 0.3) is 22.0 Å². The third kappa shape index (κ3) is 2.09. The molecule has 0 atom stereocenters. The first kappa shape index (κ1) is 12.5. The molecule has 0 spiro atoms. The average molecular weight is 264 g/mol. The van der Waals surface area contributed by atoms with Crippen LogP contribution in [0.4, 0.5) is 5.95 Å². The molecule has 0 unspecified atom stereocenters. The predicted octanol–water partition coefficient (Wildman–Crippen LogP) is 3.14. The van der Waals surface area contributed by atoms with E-state index in [0.29, 0.717) is 5.95 Å². The van der Waals surface area contributed by atoms with E-state index in [2.05, 4.69) is 47.0 Å². The van der Waals surface area contributed by atoms with Crippen molar-refractivity contribution in [2.45, 2.75) is 20.3 Å². The number of fused-ring (bicyclic) bond motifs is 1. The molecule has 2 N–H and O–H groups in total. The van der Waals surface area contributed by atoms with E-state index < -0.39 is 0 Å². The Labute approximate surface area is 117 Å². The number of nitrogens with zero attached hydrogens (tertiary/aromatic N) is 3. The maximum atomic E-state index is 5.64. The van der Waals surface area contributed by atoms with Crippen LogP contribution < -0.4 is 5.73 Å². The molecule has 0 aliphatic heterocycles. The van der Waals surface area contributed by atoms with Crippen molar-refractivity contribution in [3.63, 3.8) is 0 Å². The number of nitrogen functional groups attached to an aromatic ring is 1. The fraction of sp³-hybridized carbons (Fsp3) is 0.188. The standard InChI is InChI=1S/C16H16N4/c1-3-14-12(5-4-6-18-14)13-8-11-9-19-16(17)20-15(11)7-10(13)2/h4-9H,3H2,1-2H3,(H2,17,19,20). The van der Waals surface area contributed by atoms with Crippen LogP contribution in [-0.2, 0) is 6.42 Å². The number of aromatic nitrogens is 3. The van der Waals surface area contributed by atoms with E-state index in [1.807, 2.05) is 12.3 Å². The fourth-order valence-electron chi connectivity index (χ4n) is 2.45. The number of hydrogen-bond donors (Lipinski definition) is 1. The van der Waals surface area contributed by atoms with E-state index in [1.54, 1.807) is 6.20 Å². The van der Waals surface area contributed by atoms with E-state index in [0.717, 1.165) is 23.0 Å². The van der Waals surface area contributed by atoms with Crippen LogP contribution in [0.1, 0.15) is 18.2 Å². The molecular weight excluding hydrogens is 248 g/mol. The summed E-state index contributed by atoms with van der Waals surface area (Å²) < 4.78 is 0. The molecular formula is C16H16N4. The van der Waals surface area contributed by atoms with Crippen molar-refractivity contribution in [2.24, 2.45) is 0 Å². The Morgan fingerprint density at radius 1 is 1.15 bits per heavy atom. The van der Waals surface area contributed by atoms with Gasteiger partial charge in [0.1, 0.15) is 0 Å². The van der Waals surface area contributed by atoms with Crippen LogP contribution in [0.15, 0.2) is 36.7 Å². The van der Waals surface area contributed by atoms with Gasteiger partial charge in [0, 0.05) is 29.0 Å². The number of hydrogen-bond acceptors (Lipinski definition) is 4. The Morgan fingerprint density at radius 3 is 2.80 bits per heavy atom. The van der Waals surface area contributed by atoms with Gasteiger partial charge >= 0.3 is 0 Å². The Balaban J connectivity index is 2.26. The third-order valence-corrected chi connectivity index (χ3v) is 3.46. The minimum atomic E-state index is 0.306. The summed E-state index contributed by atoms with van der Waals surface area (Å²) in [6.07, 6.45) is 4.51. The lowest BCUT2D eigenvalue weighted by atomic mass is 9.96. The molecule has 3 aromatic rings. The summed E-state index contributed by atoms with van der Waals surface area (Å²) in [6, 6.07) is 8.24. The molecule has 2 heterocycles. The first-order valence-electron chi connectivity index (χ1n) is 6.66. The Hall–Kier alpha value is -2.49. The monoisotopic (exact) mass is 264 g/mol. The number of pyridine rings is 1. The highest BCUT2D eigenvalue weighted by atomic mass is 15.0. The summed E-state index contributed by atoms with van der Waals surface area (Å²) in [5.74, 6) is 0.306. The van der Waals surface area contributed by atoms with Gasteiger partial charge in [-0.1, -0.05) is 13.0 Å². The van der Waals surface area contributed by atoms with Crippen molar-refractivity contribution >= 4 is 16.9 Å². The average Bonchev–Trinajstić information content (AvgIpc) is 2.46. The third-order valence-electron chi connectivity index (χ3n) is 3.46. The highest BCUT2D eigenvalue weighted by molar-refractivity contribution is 5.86. The minimum absolute atomic E-state index is 0.306. The molecule has 0 saturated heterocycles. The molecule has 100 valence electrons. The Bertz CT molecular complexity index is 781. The second-order valence-electron chi connectivity index (χ2n) is 4.81. The summed E-state index contributed by atoms with van der Waals surface area (Å²) in [4.78, 5) is 12.8. The largest absolute Gasteiger partial charge is 0.368 e. The molecule has 2 aromatic heterocycles. The van der Waals surface area contributed by atoms with Crippen molar-refractivity contribution in [1.29, 1.82) is 0 Å². The number of benzene rings is 1. The van der Waals surface area contributed by atoms with E-state index >= 15 is 0 Å². The zero-order chi connectivity index (χ0) is 14.1. The van der Waals surface area contributed by atoms with Crippen LogP contribution in [0, 0.1) is 6.92 Å². The van der Waals surface area contributed by atoms with Crippen molar-refractivity contribution < 1.29 is 0 Å². The summed E-state index contributed by atoms with van der Waals surface area (Å²) in [7, 11) is 0. The molecule has 0 aliphatic rings. The first-order valence-corrected chi connectivity index (χ1v) is 6.66. The zero-order valence-corrected chi connectivity index (χ0v) is 11.6. The van der Waals surface area contributed by atoms with E-state index in [-0.39, 0.29) is 0 Å². The van der Waals surface area contributed by atoms with Crippen LogP contribution in [0.5, 0.6) is 0 Å². The van der Waals surface area contributed by atoms with Gasteiger partial charge in [-0.15, -0.1) is 0 Å². The molecule has 20 heavy (non-hydrogen) atoms. The van der Waals surface area contributed by atoms with E-state index in [1.165, 1.54) is 16.7 Å². The van der Waals surface area contributed by atoms with Crippen molar-refractivity contribution in [3.05, 3.63) is 47.9 Å². The number of nitrogens with two attached hydrogens (primary N) is 1. The van der Waals surface area contributed by atoms with Crippen molar-refractivity contribution in [3.8, 4) is 11.1 Å². The number of aryl methyl sites for hydroxylation is 2. The van der Waals surface area contributed by atoms with Crippen LogP contribution >= 0.6 is 0 Å². The first-order chi connectivity index (χ1) is 9.69. The van der Waals surface area contributed by atoms with Crippen molar-refractivity contribution in [1.82, 2.24) is 15.0 Å². The van der Waals surface area contributed by atoms with Gasteiger partial charge in [-0.05, 0) is 42.7 Å². The van der Waals surface area contributed by atoms with Crippen molar-refractivity contribution in [2.75, 3.05) is 5.73 Å². The zero-order valence-electron chi connectivity index (χ0n) is 11.6. The van der Waals surface area contributed by atoms with Gasteiger partial charge < -0.3 is 5.73 Å². The van der Waals surface area contributed by atoms with Gasteiger partial charge in [-0.3, -0.25) is 4.98 Å². The second kappa shape index (κ2) is 4.89. The molecule has 0 saturated carbocycles. The van der Waals surface area contributed by atoms with Gasteiger partial charge in [0.05, 0.1) is 5.52 Å².